The average Bonchev–Trinajstić information content (AvgIpc) is 2.95. The van der Waals surface area contributed by atoms with Crippen LogP contribution < -0.4 is 5.32 Å². The van der Waals surface area contributed by atoms with Crippen molar-refractivity contribution in [2.24, 2.45) is 0 Å². The van der Waals surface area contributed by atoms with Crippen LogP contribution in [-0.4, -0.2) is 21.2 Å². The van der Waals surface area contributed by atoms with Crippen LogP contribution in [0.15, 0.2) is 23.4 Å². The molecule has 142 valence electrons. The molecule has 1 N–H and O–H groups in total. The van der Waals surface area contributed by atoms with E-state index in [0.717, 1.165) is 10.9 Å². The molecule has 1 aliphatic carbocycles. The Kier molecular flexibility index (Phi) is 6.46. The Morgan fingerprint density at radius 2 is 2.11 bits per heavy atom. The molecule has 27 heavy (non-hydrogen) atoms. The molecule has 0 saturated heterocycles. The van der Waals surface area contributed by atoms with E-state index in [9.17, 15) is 10.1 Å². The number of rotatable bonds is 5. The van der Waals surface area contributed by atoms with Crippen LogP contribution in [0.1, 0.15) is 55.1 Å². The molecule has 1 aliphatic rings. The quantitative estimate of drug-likeness (QED) is 0.692. The van der Waals surface area contributed by atoms with Crippen LogP contribution in [0.25, 0.3) is 0 Å². The van der Waals surface area contributed by atoms with E-state index in [-0.39, 0.29) is 11.7 Å². The number of thioether (sulfide) groups is 1. The Labute approximate surface area is 169 Å². The van der Waals surface area contributed by atoms with Gasteiger partial charge in [0.25, 0.3) is 0 Å². The number of amides is 1. The highest BCUT2D eigenvalue weighted by molar-refractivity contribution is 7.99. The van der Waals surface area contributed by atoms with Gasteiger partial charge < -0.3 is 9.88 Å². The van der Waals surface area contributed by atoms with E-state index < -0.39 is 0 Å². The van der Waals surface area contributed by atoms with Crippen molar-refractivity contribution in [1.82, 2.24) is 9.55 Å². The van der Waals surface area contributed by atoms with Crippen molar-refractivity contribution in [2.45, 2.75) is 57.1 Å². The molecule has 3 rings (SSSR count). The lowest BCUT2D eigenvalue weighted by atomic mass is 9.95. The second-order valence-electron chi connectivity index (χ2n) is 6.87. The van der Waals surface area contributed by atoms with Gasteiger partial charge in [-0.1, -0.05) is 42.6 Å². The fourth-order valence-electron chi connectivity index (χ4n) is 3.50. The van der Waals surface area contributed by atoms with Crippen molar-refractivity contribution in [1.29, 1.82) is 5.26 Å². The second-order valence-corrected chi connectivity index (χ2v) is 8.24. The summed E-state index contributed by atoms with van der Waals surface area (Å²) in [5.74, 6) is 0.0623. The van der Waals surface area contributed by atoms with Crippen LogP contribution in [0.5, 0.6) is 0 Å². The van der Waals surface area contributed by atoms with Crippen molar-refractivity contribution in [2.75, 3.05) is 11.1 Å². The van der Waals surface area contributed by atoms with Gasteiger partial charge in [-0.3, -0.25) is 4.79 Å². The van der Waals surface area contributed by atoms with Gasteiger partial charge in [-0.25, -0.2) is 4.98 Å². The van der Waals surface area contributed by atoms with Gasteiger partial charge in [0.15, 0.2) is 5.16 Å². The molecule has 0 radical (unpaired) electrons. The van der Waals surface area contributed by atoms with Crippen LogP contribution in [0.3, 0.4) is 0 Å². The summed E-state index contributed by atoms with van der Waals surface area (Å²) in [6, 6.07) is 7.38. The van der Waals surface area contributed by atoms with Gasteiger partial charge in [0.2, 0.25) is 5.91 Å². The minimum Gasteiger partial charge on any atom is -0.324 e. The first-order chi connectivity index (χ1) is 13.0. The number of anilines is 1. The molecule has 1 amide bonds. The average molecular weight is 403 g/mol. The number of hydrogen-bond donors (Lipinski definition) is 1. The summed E-state index contributed by atoms with van der Waals surface area (Å²) >= 11 is 7.42. The van der Waals surface area contributed by atoms with Gasteiger partial charge >= 0.3 is 0 Å². The molecule has 0 bridgehead atoms. The summed E-state index contributed by atoms with van der Waals surface area (Å²) in [5.41, 5.74) is 3.04. The molecule has 1 heterocycles. The minimum absolute atomic E-state index is 0.174. The smallest absolute Gasteiger partial charge is 0.234 e. The van der Waals surface area contributed by atoms with Crippen LogP contribution in [-0.2, 0) is 4.79 Å². The molecule has 0 unspecified atom stereocenters. The van der Waals surface area contributed by atoms with Gasteiger partial charge in [-0.2, -0.15) is 5.26 Å². The van der Waals surface area contributed by atoms with Crippen LogP contribution in [0.4, 0.5) is 5.69 Å². The maximum absolute atomic E-state index is 12.4. The Balaban J connectivity index is 1.70. The molecule has 0 atom stereocenters. The molecular formula is C20H23ClN4OS. The van der Waals surface area contributed by atoms with E-state index >= 15 is 0 Å². The molecule has 0 spiro atoms. The highest BCUT2D eigenvalue weighted by Crippen LogP contribution is 2.34. The lowest BCUT2D eigenvalue weighted by Crippen LogP contribution is -2.18. The summed E-state index contributed by atoms with van der Waals surface area (Å²) in [6.45, 7) is 4.12. The van der Waals surface area contributed by atoms with Crippen molar-refractivity contribution in [3.8, 4) is 6.07 Å². The molecule has 0 aliphatic heterocycles. The summed E-state index contributed by atoms with van der Waals surface area (Å²) in [4.78, 5) is 17.1. The first-order valence-corrected chi connectivity index (χ1v) is 10.5. The first-order valence-electron chi connectivity index (χ1n) is 9.17. The number of halogens is 1. The Hall–Kier alpha value is -1.97. The van der Waals surface area contributed by atoms with E-state index in [2.05, 4.69) is 27.9 Å². The predicted molar refractivity (Wildman–Crippen MR) is 109 cm³/mol. The zero-order valence-electron chi connectivity index (χ0n) is 15.6. The monoisotopic (exact) mass is 402 g/mol. The van der Waals surface area contributed by atoms with Crippen molar-refractivity contribution < 1.29 is 4.79 Å². The highest BCUT2D eigenvalue weighted by Gasteiger charge is 2.22. The van der Waals surface area contributed by atoms with E-state index in [1.165, 1.54) is 49.6 Å². The minimum atomic E-state index is -0.174. The van der Waals surface area contributed by atoms with Gasteiger partial charge in [0.05, 0.1) is 22.7 Å². The number of aryl methyl sites for hydroxylation is 1. The number of benzene rings is 1. The fourth-order valence-corrected chi connectivity index (χ4v) is 4.63. The number of carbonyl (C=O) groups excluding carboxylic acids is 1. The van der Waals surface area contributed by atoms with E-state index in [0.29, 0.717) is 22.3 Å². The van der Waals surface area contributed by atoms with Gasteiger partial charge in [-0.15, -0.1) is 0 Å². The summed E-state index contributed by atoms with van der Waals surface area (Å²) in [6.07, 6.45) is 6.14. The standard InChI is InChI=1S/C20H23ClN4OS/c1-13-14(2)25(17-6-4-3-5-7-17)20(23-13)27-12-19(26)24-18-10-16(21)9-8-15(18)11-22/h8-10,17H,3-7,12H2,1-2H3,(H,24,26). The van der Waals surface area contributed by atoms with Crippen molar-refractivity contribution in [3.63, 3.8) is 0 Å². The topological polar surface area (TPSA) is 70.7 Å². The lowest BCUT2D eigenvalue weighted by Gasteiger charge is -2.26. The van der Waals surface area contributed by atoms with Crippen LogP contribution >= 0.6 is 23.4 Å². The van der Waals surface area contributed by atoms with Gasteiger partial charge in [0, 0.05) is 16.8 Å². The molecule has 2 aromatic rings. The van der Waals surface area contributed by atoms with E-state index in [4.69, 9.17) is 11.6 Å². The van der Waals surface area contributed by atoms with Gasteiger partial charge in [0.1, 0.15) is 6.07 Å². The van der Waals surface area contributed by atoms with E-state index in [1.54, 1.807) is 18.2 Å². The fraction of sp³-hybridized carbons (Fsp3) is 0.450. The number of carbonyl (C=O) groups is 1. The molecule has 7 heteroatoms. The second kappa shape index (κ2) is 8.81. The van der Waals surface area contributed by atoms with Gasteiger partial charge in [-0.05, 0) is 44.9 Å². The van der Waals surface area contributed by atoms with Crippen molar-refractivity contribution >= 4 is 35.0 Å². The van der Waals surface area contributed by atoms with Crippen LogP contribution in [0, 0.1) is 25.2 Å². The maximum atomic E-state index is 12.4. The molecule has 5 nitrogen and oxygen atoms in total. The number of hydrogen-bond acceptors (Lipinski definition) is 4. The SMILES string of the molecule is Cc1nc(SCC(=O)Nc2cc(Cl)ccc2C#N)n(C2CCCCC2)c1C. The highest BCUT2D eigenvalue weighted by atomic mass is 35.5. The molecule has 1 saturated carbocycles. The van der Waals surface area contributed by atoms with Crippen molar-refractivity contribution in [3.05, 3.63) is 40.2 Å². The lowest BCUT2D eigenvalue weighted by molar-refractivity contribution is -0.113. The number of nitrogens with zero attached hydrogens (tertiary/aromatic N) is 3. The third-order valence-electron chi connectivity index (χ3n) is 5.00. The molecule has 1 fully saturated rings. The largest absolute Gasteiger partial charge is 0.324 e. The number of nitriles is 1. The zero-order valence-corrected chi connectivity index (χ0v) is 17.2. The summed E-state index contributed by atoms with van der Waals surface area (Å²) < 4.78 is 2.31. The maximum Gasteiger partial charge on any atom is 0.234 e. The molecular weight excluding hydrogens is 380 g/mol. The number of imidazole rings is 1. The first kappa shape index (κ1) is 19.8. The number of aromatic nitrogens is 2. The van der Waals surface area contributed by atoms with E-state index in [1.807, 2.05) is 6.92 Å². The van der Waals surface area contributed by atoms with Crippen LogP contribution in [0.2, 0.25) is 5.02 Å². The number of nitrogens with one attached hydrogen (secondary N) is 1. The third kappa shape index (κ3) is 4.66. The molecule has 1 aromatic heterocycles. The summed E-state index contributed by atoms with van der Waals surface area (Å²) in [5, 5.41) is 13.4. The normalized spacial score (nSPS) is 14.7. The molecule has 1 aromatic carbocycles. The summed E-state index contributed by atoms with van der Waals surface area (Å²) in [7, 11) is 0. The zero-order chi connectivity index (χ0) is 19.4. The third-order valence-corrected chi connectivity index (χ3v) is 6.19. The Morgan fingerprint density at radius 3 is 2.81 bits per heavy atom. The Bertz CT molecular complexity index is 881. The Morgan fingerprint density at radius 1 is 1.37 bits per heavy atom. The predicted octanol–water partition coefficient (Wildman–Crippen LogP) is 5.26.